The van der Waals surface area contributed by atoms with Gasteiger partial charge in [-0.2, -0.15) is 0 Å². The summed E-state index contributed by atoms with van der Waals surface area (Å²) in [6, 6.07) is 10.0. The zero-order valence-corrected chi connectivity index (χ0v) is 14.6. The molecule has 0 aromatic carbocycles. The monoisotopic (exact) mass is 336 g/mol. The van der Waals surface area contributed by atoms with Crippen LogP contribution in [0.3, 0.4) is 0 Å². The standard InChI is InChI=1S/C20H24N4O/c1-16-11-19(7-8-21-16)25-15-17-5-4-9-23(12-17)13-18-14-24-10-3-2-6-20(24)22-18/h2-3,6-8,10-11,14,17H,4-5,9,12-13,15H2,1H3. The Morgan fingerprint density at radius 1 is 1.28 bits per heavy atom. The Labute approximate surface area is 148 Å². The molecule has 0 N–H and O–H groups in total. The maximum atomic E-state index is 5.99. The molecule has 4 heterocycles. The molecule has 25 heavy (non-hydrogen) atoms. The molecule has 0 aliphatic carbocycles. The Bertz CT molecular complexity index is 811. The minimum atomic E-state index is 0.569. The maximum Gasteiger partial charge on any atom is 0.137 e. The highest BCUT2D eigenvalue weighted by molar-refractivity contribution is 5.39. The van der Waals surface area contributed by atoms with Crippen molar-refractivity contribution in [2.75, 3.05) is 19.7 Å². The van der Waals surface area contributed by atoms with Crippen molar-refractivity contribution in [3.63, 3.8) is 0 Å². The van der Waals surface area contributed by atoms with E-state index in [-0.39, 0.29) is 0 Å². The summed E-state index contributed by atoms with van der Waals surface area (Å²) in [4.78, 5) is 11.4. The predicted octanol–water partition coefficient (Wildman–Crippen LogP) is 3.33. The molecule has 1 aliphatic rings. The molecule has 1 fully saturated rings. The van der Waals surface area contributed by atoms with Crippen LogP contribution in [0.15, 0.2) is 48.9 Å². The van der Waals surface area contributed by atoms with Crippen LogP contribution in [0.2, 0.25) is 0 Å². The number of hydrogen-bond donors (Lipinski definition) is 0. The molecule has 0 spiro atoms. The third-order valence-electron chi connectivity index (χ3n) is 4.76. The average Bonchev–Trinajstić information content (AvgIpc) is 3.02. The van der Waals surface area contributed by atoms with Gasteiger partial charge in [-0.3, -0.25) is 9.88 Å². The summed E-state index contributed by atoms with van der Waals surface area (Å²) >= 11 is 0. The maximum absolute atomic E-state index is 5.99. The van der Waals surface area contributed by atoms with Gasteiger partial charge in [0, 0.05) is 49.4 Å². The van der Waals surface area contributed by atoms with Crippen molar-refractivity contribution in [2.24, 2.45) is 5.92 Å². The van der Waals surface area contributed by atoms with Crippen LogP contribution in [-0.2, 0) is 6.54 Å². The zero-order valence-electron chi connectivity index (χ0n) is 14.6. The van der Waals surface area contributed by atoms with E-state index < -0.39 is 0 Å². The molecule has 0 amide bonds. The zero-order chi connectivity index (χ0) is 17.1. The Hall–Kier alpha value is -2.40. The van der Waals surface area contributed by atoms with E-state index in [0.29, 0.717) is 5.92 Å². The number of piperidine rings is 1. The fourth-order valence-electron chi connectivity index (χ4n) is 3.55. The molecular formula is C20H24N4O. The minimum absolute atomic E-state index is 0.569. The first kappa shape index (κ1) is 16.1. The molecule has 0 radical (unpaired) electrons. The number of aromatic nitrogens is 3. The Morgan fingerprint density at radius 3 is 3.12 bits per heavy atom. The number of imidazole rings is 1. The molecule has 1 unspecified atom stereocenters. The molecule has 4 rings (SSSR count). The number of rotatable bonds is 5. The molecule has 1 saturated heterocycles. The third kappa shape index (κ3) is 3.99. The van der Waals surface area contributed by atoms with Gasteiger partial charge in [0.2, 0.25) is 0 Å². The molecule has 1 atom stereocenters. The fourth-order valence-corrected chi connectivity index (χ4v) is 3.55. The second kappa shape index (κ2) is 7.23. The van der Waals surface area contributed by atoms with Gasteiger partial charge in [-0.1, -0.05) is 6.07 Å². The van der Waals surface area contributed by atoms with Crippen LogP contribution in [0.4, 0.5) is 0 Å². The third-order valence-corrected chi connectivity index (χ3v) is 4.76. The lowest BCUT2D eigenvalue weighted by Crippen LogP contribution is -2.37. The van der Waals surface area contributed by atoms with Gasteiger partial charge in [0.25, 0.3) is 0 Å². The van der Waals surface area contributed by atoms with Crippen LogP contribution in [0, 0.1) is 12.8 Å². The molecule has 1 aliphatic heterocycles. The first-order valence-electron chi connectivity index (χ1n) is 8.97. The quantitative estimate of drug-likeness (QED) is 0.717. The number of aryl methyl sites for hydroxylation is 1. The number of fused-ring (bicyclic) bond motifs is 1. The van der Waals surface area contributed by atoms with Gasteiger partial charge in [-0.05, 0) is 44.5 Å². The van der Waals surface area contributed by atoms with Crippen LogP contribution in [-0.4, -0.2) is 39.0 Å². The molecule has 130 valence electrons. The van der Waals surface area contributed by atoms with Crippen molar-refractivity contribution in [3.05, 3.63) is 60.3 Å². The van der Waals surface area contributed by atoms with Crippen LogP contribution in [0.25, 0.3) is 5.65 Å². The van der Waals surface area contributed by atoms with Crippen LogP contribution >= 0.6 is 0 Å². The molecule has 5 nitrogen and oxygen atoms in total. The van der Waals surface area contributed by atoms with E-state index in [1.807, 2.05) is 37.3 Å². The normalized spacial score (nSPS) is 18.5. The van der Waals surface area contributed by atoms with E-state index in [1.54, 1.807) is 6.20 Å². The van der Waals surface area contributed by atoms with E-state index in [0.717, 1.165) is 49.0 Å². The number of hydrogen-bond acceptors (Lipinski definition) is 4. The largest absolute Gasteiger partial charge is 0.493 e. The summed E-state index contributed by atoms with van der Waals surface area (Å²) in [5.41, 5.74) is 3.15. The number of nitrogens with zero attached hydrogens (tertiary/aromatic N) is 4. The molecule has 0 bridgehead atoms. The van der Waals surface area contributed by atoms with Crippen LogP contribution < -0.4 is 4.74 Å². The van der Waals surface area contributed by atoms with Gasteiger partial charge in [0.1, 0.15) is 11.4 Å². The molecule has 3 aromatic rings. The lowest BCUT2D eigenvalue weighted by Gasteiger charge is -2.32. The fraction of sp³-hybridized carbons (Fsp3) is 0.400. The van der Waals surface area contributed by atoms with Gasteiger partial charge >= 0.3 is 0 Å². The van der Waals surface area contributed by atoms with Crippen LogP contribution in [0.5, 0.6) is 5.75 Å². The van der Waals surface area contributed by atoms with E-state index in [9.17, 15) is 0 Å². The van der Waals surface area contributed by atoms with E-state index in [4.69, 9.17) is 9.72 Å². The lowest BCUT2D eigenvalue weighted by molar-refractivity contribution is 0.124. The van der Waals surface area contributed by atoms with Gasteiger partial charge in [-0.25, -0.2) is 4.98 Å². The van der Waals surface area contributed by atoms with Crippen molar-refractivity contribution in [2.45, 2.75) is 26.3 Å². The summed E-state index contributed by atoms with van der Waals surface area (Å²) < 4.78 is 8.08. The minimum Gasteiger partial charge on any atom is -0.493 e. The number of likely N-dealkylation sites (tertiary alicyclic amines) is 1. The summed E-state index contributed by atoms with van der Waals surface area (Å²) in [6.45, 7) is 5.87. The molecule has 5 heteroatoms. The highest BCUT2D eigenvalue weighted by Crippen LogP contribution is 2.20. The number of ether oxygens (including phenoxy) is 1. The first-order valence-corrected chi connectivity index (χ1v) is 8.97. The Balaban J connectivity index is 1.34. The van der Waals surface area contributed by atoms with Gasteiger partial charge in [-0.15, -0.1) is 0 Å². The van der Waals surface area contributed by atoms with E-state index in [2.05, 4.69) is 26.7 Å². The predicted molar refractivity (Wildman–Crippen MR) is 97.7 cm³/mol. The topological polar surface area (TPSA) is 42.7 Å². The second-order valence-electron chi connectivity index (χ2n) is 6.89. The smallest absolute Gasteiger partial charge is 0.137 e. The van der Waals surface area contributed by atoms with E-state index >= 15 is 0 Å². The van der Waals surface area contributed by atoms with E-state index in [1.165, 1.54) is 12.8 Å². The lowest BCUT2D eigenvalue weighted by atomic mass is 9.99. The van der Waals surface area contributed by atoms with Crippen LogP contribution in [0.1, 0.15) is 24.2 Å². The Kier molecular flexibility index (Phi) is 4.65. The van der Waals surface area contributed by atoms with Gasteiger partial charge in [0.05, 0.1) is 12.3 Å². The van der Waals surface area contributed by atoms with Crippen molar-refractivity contribution in [1.82, 2.24) is 19.3 Å². The highest BCUT2D eigenvalue weighted by atomic mass is 16.5. The Morgan fingerprint density at radius 2 is 2.24 bits per heavy atom. The van der Waals surface area contributed by atoms with Gasteiger partial charge < -0.3 is 9.14 Å². The molecular weight excluding hydrogens is 312 g/mol. The van der Waals surface area contributed by atoms with Gasteiger partial charge in [0.15, 0.2) is 0 Å². The van der Waals surface area contributed by atoms with Crippen molar-refractivity contribution >= 4 is 5.65 Å². The summed E-state index contributed by atoms with van der Waals surface area (Å²) in [5, 5.41) is 0. The second-order valence-corrected chi connectivity index (χ2v) is 6.89. The average molecular weight is 336 g/mol. The summed E-state index contributed by atoms with van der Waals surface area (Å²) in [6.07, 6.45) is 8.44. The van der Waals surface area contributed by atoms with Crippen molar-refractivity contribution < 1.29 is 4.74 Å². The summed E-state index contributed by atoms with van der Waals surface area (Å²) in [5.74, 6) is 1.49. The van der Waals surface area contributed by atoms with Crippen molar-refractivity contribution in [3.8, 4) is 5.75 Å². The molecule has 0 saturated carbocycles. The number of pyridine rings is 2. The summed E-state index contributed by atoms with van der Waals surface area (Å²) in [7, 11) is 0. The highest BCUT2D eigenvalue weighted by Gasteiger charge is 2.21. The SMILES string of the molecule is Cc1cc(OCC2CCCN(Cc3cn4ccccc4n3)C2)ccn1. The molecule has 3 aromatic heterocycles. The van der Waals surface area contributed by atoms with Crippen molar-refractivity contribution in [1.29, 1.82) is 0 Å². The first-order chi connectivity index (χ1) is 12.3.